The van der Waals surface area contributed by atoms with Crippen molar-refractivity contribution in [3.63, 3.8) is 0 Å². The minimum Gasteiger partial charge on any atom is -0.383 e. The Kier molecular flexibility index (Phi) is 6.21. The van der Waals surface area contributed by atoms with Crippen LogP contribution < -0.4 is 11.1 Å². The Morgan fingerprint density at radius 3 is 2.77 bits per heavy atom. The van der Waals surface area contributed by atoms with Gasteiger partial charge in [-0.15, -0.1) is 0 Å². The third kappa shape index (κ3) is 5.00. The SMILES string of the molecule is COCCN1CCCC1CN=C(N)Nc1cc(C)cc(C)c1. The van der Waals surface area contributed by atoms with Crippen LogP contribution in [0.2, 0.25) is 0 Å². The van der Waals surface area contributed by atoms with Gasteiger partial charge in [0.05, 0.1) is 13.2 Å². The Morgan fingerprint density at radius 2 is 2.09 bits per heavy atom. The number of hydrogen-bond acceptors (Lipinski definition) is 3. The number of aliphatic imine (C=N–C) groups is 1. The van der Waals surface area contributed by atoms with Gasteiger partial charge in [-0.3, -0.25) is 9.89 Å². The topological polar surface area (TPSA) is 62.9 Å². The highest BCUT2D eigenvalue weighted by molar-refractivity contribution is 5.92. The van der Waals surface area contributed by atoms with Gasteiger partial charge in [0.2, 0.25) is 0 Å². The van der Waals surface area contributed by atoms with Crippen LogP contribution in [0.5, 0.6) is 0 Å². The molecule has 0 bridgehead atoms. The first kappa shape index (κ1) is 16.8. The zero-order valence-corrected chi connectivity index (χ0v) is 13.9. The summed E-state index contributed by atoms with van der Waals surface area (Å²) in [7, 11) is 1.75. The van der Waals surface area contributed by atoms with E-state index in [0.29, 0.717) is 12.0 Å². The number of guanidine groups is 1. The maximum absolute atomic E-state index is 6.03. The van der Waals surface area contributed by atoms with E-state index in [1.165, 1.54) is 24.0 Å². The molecule has 3 N–H and O–H groups in total. The van der Waals surface area contributed by atoms with E-state index in [2.05, 4.69) is 47.3 Å². The molecule has 1 aromatic carbocycles. The van der Waals surface area contributed by atoms with Crippen LogP contribution in [0.4, 0.5) is 5.69 Å². The first-order valence-electron chi connectivity index (χ1n) is 7.96. The molecule has 122 valence electrons. The molecule has 1 fully saturated rings. The van der Waals surface area contributed by atoms with Crippen molar-refractivity contribution in [3.8, 4) is 0 Å². The number of nitrogens with zero attached hydrogens (tertiary/aromatic N) is 2. The third-order valence-corrected chi connectivity index (χ3v) is 4.05. The Hall–Kier alpha value is -1.59. The number of methoxy groups -OCH3 is 1. The molecule has 5 heteroatoms. The van der Waals surface area contributed by atoms with Crippen LogP contribution >= 0.6 is 0 Å². The van der Waals surface area contributed by atoms with Crippen molar-refractivity contribution in [2.45, 2.75) is 32.7 Å². The maximum atomic E-state index is 6.03. The van der Waals surface area contributed by atoms with Crippen LogP contribution in [0.1, 0.15) is 24.0 Å². The van der Waals surface area contributed by atoms with Crippen LogP contribution in [0.15, 0.2) is 23.2 Å². The predicted molar refractivity (Wildman–Crippen MR) is 92.5 cm³/mol. The number of aryl methyl sites for hydroxylation is 2. The minimum atomic E-state index is 0.481. The fourth-order valence-corrected chi connectivity index (χ4v) is 3.04. The molecule has 0 amide bonds. The number of nitrogens with one attached hydrogen (secondary N) is 1. The summed E-state index contributed by atoms with van der Waals surface area (Å²) in [4.78, 5) is 6.96. The van der Waals surface area contributed by atoms with Crippen LogP contribution in [-0.2, 0) is 4.74 Å². The van der Waals surface area contributed by atoms with Crippen molar-refractivity contribution in [1.82, 2.24) is 4.90 Å². The Morgan fingerprint density at radius 1 is 1.36 bits per heavy atom. The largest absolute Gasteiger partial charge is 0.383 e. The molecule has 1 heterocycles. The van der Waals surface area contributed by atoms with Gasteiger partial charge in [0, 0.05) is 25.4 Å². The van der Waals surface area contributed by atoms with Crippen molar-refractivity contribution >= 4 is 11.6 Å². The van der Waals surface area contributed by atoms with Crippen molar-refractivity contribution in [3.05, 3.63) is 29.3 Å². The molecule has 1 aliphatic rings. The van der Waals surface area contributed by atoms with Crippen molar-refractivity contribution in [2.75, 3.05) is 38.7 Å². The Bertz CT molecular complexity index is 495. The summed E-state index contributed by atoms with van der Waals surface area (Å²) in [6.45, 7) is 7.79. The fraction of sp³-hybridized carbons (Fsp3) is 0.588. The number of nitrogens with two attached hydrogens (primary N) is 1. The van der Waals surface area contributed by atoms with Crippen molar-refractivity contribution in [2.24, 2.45) is 10.7 Å². The molecule has 5 nitrogen and oxygen atoms in total. The monoisotopic (exact) mass is 304 g/mol. The van der Waals surface area contributed by atoms with Crippen LogP contribution in [-0.4, -0.2) is 50.3 Å². The van der Waals surface area contributed by atoms with Crippen LogP contribution in [0.25, 0.3) is 0 Å². The molecule has 0 aromatic heterocycles. The van der Waals surface area contributed by atoms with E-state index >= 15 is 0 Å². The lowest BCUT2D eigenvalue weighted by atomic mass is 10.1. The number of anilines is 1. The number of benzene rings is 1. The molecule has 2 rings (SSSR count). The number of ether oxygens (including phenoxy) is 1. The van der Waals surface area contributed by atoms with Gasteiger partial charge in [0.15, 0.2) is 5.96 Å². The van der Waals surface area contributed by atoms with Gasteiger partial charge in [0.25, 0.3) is 0 Å². The van der Waals surface area contributed by atoms with Gasteiger partial charge in [0.1, 0.15) is 0 Å². The summed E-state index contributed by atoms with van der Waals surface area (Å²) < 4.78 is 5.16. The lowest BCUT2D eigenvalue weighted by molar-refractivity contribution is 0.143. The van der Waals surface area contributed by atoms with Gasteiger partial charge >= 0.3 is 0 Å². The van der Waals surface area contributed by atoms with E-state index in [1.807, 2.05) is 0 Å². The number of rotatable bonds is 6. The highest BCUT2D eigenvalue weighted by Crippen LogP contribution is 2.17. The van der Waals surface area contributed by atoms with E-state index < -0.39 is 0 Å². The van der Waals surface area contributed by atoms with E-state index in [0.717, 1.165) is 31.9 Å². The first-order valence-corrected chi connectivity index (χ1v) is 7.96. The third-order valence-electron chi connectivity index (χ3n) is 4.05. The highest BCUT2D eigenvalue weighted by atomic mass is 16.5. The molecular weight excluding hydrogens is 276 g/mol. The summed E-state index contributed by atoms with van der Waals surface area (Å²) in [5.41, 5.74) is 9.47. The minimum absolute atomic E-state index is 0.481. The first-order chi connectivity index (χ1) is 10.6. The maximum Gasteiger partial charge on any atom is 0.193 e. The summed E-state index contributed by atoms with van der Waals surface area (Å²) in [5.74, 6) is 0.489. The highest BCUT2D eigenvalue weighted by Gasteiger charge is 2.23. The van der Waals surface area contributed by atoms with E-state index in [1.54, 1.807) is 7.11 Å². The number of hydrogen-bond donors (Lipinski definition) is 2. The molecule has 0 radical (unpaired) electrons. The lowest BCUT2D eigenvalue weighted by Gasteiger charge is -2.22. The zero-order valence-electron chi connectivity index (χ0n) is 13.9. The average molecular weight is 304 g/mol. The Balaban J connectivity index is 1.89. The molecule has 0 aliphatic carbocycles. The average Bonchev–Trinajstić information content (AvgIpc) is 2.89. The fourth-order valence-electron chi connectivity index (χ4n) is 3.04. The van der Waals surface area contributed by atoms with Gasteiger partial charge in [-0.25, -0.2) is 0 Å². The van der Waals surface area contributed by atoms with Gasteiger partial charge in [-0.2, -0.15) is 0 Å². The molecule has 1 aromatic rings. The van der Waals surface area contributed by atoms with Gasteiger partial charge < -0.3 is 15.8 Å². The molecule has 0 spiro atoms. The smallest absolute Gasteiger partial charge is 0.193 e. The second kappa shape index (κ2) is 8.15. The molecule has 1 atom stereocenters. The van der Waals surface area contributed by atoms with E-state index in [-0.39, 0.29) is 0 Å². The normalized spacial score (nSPS) is 19.6. The summed E-state index contributed by atoms with van der Waals surface area (Å²) in [6, 6.07) is 6.78. The van der Waals surface area contributed by atoms with E-state index in [4.69, 9.17) is 10.5 Å². The molecule has 1 saturated heterocycles. The predicted octanol–water partition coefficient (Wildman–Crippen LogP) is 2.14. The lowest BCUT2D eigenvalue weighted by Crippen LogP contribution is -2.35. The van der Waals surface area contributed by atoms with E-state index in [9.17, 15) is 0 Å². The quantitative estimate of drug-likeness (QED) is 0.624. The molecule has 22 heavy (non-hydrogen) atoms. The molecule has 0 saturated carbocycles. The van der Waals surface area contributed by atoms with Crippen molar-refractivity contribution in [1.29, 1.82) is 0 Å². The van der Waals surface area contributed by atoms with Crippen LogP contribution in [0.3, 0.4) is 0 Å². The molecular formula is C17H28N4O. The number of likely N-dealkylation sites (tertiary alicyclic amines) is 1. The zero-order chi connectivity index (χ0) is 15.9. The van der Waals surface area contributed by atoms with Crippen molar-refractivity contribution < 1.29 is 4.74 Å². The second-order valence-electron chi connectivity index (χ2n) is 6.05. The summed E-state index contributed by atoms with van der Waals surface area (Å²) >= 11 is 0. The summed E-state index contributed by atoms with van der Waals surface area (Å²) in [5, 5.41) is 3.19. The molecule has 1 unspecified atom stereocenters. The van der Waals surface area contributed by atoms with Crippen LogP contribution in [0, 0.1) is 13.8 Å². The second-order valence-corrected chi connectivity index (χ2v) is 6.05. The Labute approximate surface area is 133 Å². The van der Waals surface area contributed by atoms with Gasteiger partial charge in [-0.05, 0) is 56.5 Å². The summed E-state index contributed by atoms with van der Waals surface area (Å²) in [6.07, 6.45) is 2.42. The standard InChI is InChI=1S/C17H28N4O/c1-13-9-14(2)11-15(10-13)20-17(18)19-12-16-5-4-6-21(16)7-8-22-3/h9-11,16H,4-8,12H2,1-3H3,(H3,18,19,20). The molecule has 1 aliphatic heterocycles. The van der Waals surface area contributed by atoms with Gasteiger partial charge in [-0.1, -0.05) is 6.07 Å².